The van der Waals surface area contributed by atoms with E-state index >= 15 is 0 Å². The first kappa shape index (κ1) is 21.1. The van der Waals surface area contributed by atoms with Crippen molar-refractivity contribution in [3.8, 4) is 0 Å². The van der Waals surface area contributed by atoms with E-state index in [1.165, 1.54) is 19.1 Å². The van der Waals surface area contributed by atoms with Crippen molar-refractivity contribution in [1.82, 2.24) is 4.72 Å². The average molecular weight is 419 g/mol. The number of esters is 1. The maximum Gasteiger partial charge on any atom is 0.337 e. The maximum atomic E-state index is 12.4. The molecule has 0 aliphatic rings. The van der Waals surface area contributed by atoms with Crippen molar-refractivity contribution in [1.29, 1.82) is 0 Å². The van der Waals surface area contributed by atoms with E-state index in [1.807, 2.05) is 0 Å². The molecule has 0 fully saturated rings. The summed E-state index contributed by atoms with van der Waals surface area (Å²) in [5.74, 6) is -1.89. The fraction of sp³-hybridized carbons (Fsp3) is 0.385. The standard InChI is InChI=1S/C13H14Cl3NO6S/c1-2-22-12(19)10(11(18)9-6-4-3-5-7-9)17-24(20,21)23-8-13(14,15)16/h3-7,10,17H,2,8H2,1H3. The van der Waals surface area contributed by atoms with Gasteiger partial charge in [0.15, 0.2) is 11.8 Å². The number of alkyl halides is 3. The van der Waals surface area contributed by atoms with Crippen LogP contribution in [0.3, 0.4) is 0 Å². The van der Waals surface area contributed by atoms with Gasteiger partial charge in [-0.15, -0.1) is 0 Å². The molecule has 1 rings (SSSR count). The Kier molecular flexibility index (Phi) is 7.91. The third-order valence-electron chi connectivity index (χ3n) is 2.48. The lowest BCUT2D eigenvalue weighted by Crippen LogP contribution is -2.48. The van der Waals surface area contributed by atoms with Crippen molar-refractivity contribution in [2.75, 3.05) is 13.2 Å². The van der Waals surface area contributed by atoms with Crippen molar-refractivity contribution < 1.29 is 26.9 Å². The smallest absolute Gasteiger partial charge is 0.337 e. The molecule has 1 N–H and O–H groups in total. The summed E-state index contributed by atoms with van der Waals surface area (Å²) < 4.78 is 32.7. The highest BCUT2D eigenvalue weighted by Crippen LogP contribution is 2.26. The quantitative estimate of drug-likeness (QED) is 0.300. The second-order valence-corrected chi connectivity index (χ2v) is 8.26. The Morgan fingerprint density at radius 3 is 2.29 bits per heavy atom. The van der Waals surface area contributed by atoms with E-state index in [4.69, 9.17) is 39.5 Å². The van der Waals surface area contributed by atoms with Crippen LogP contribution in [0.15, 0.2) is 30.3 Å². The van der Waals surface area contributed by atoms with Crippen LogP contribution in [0.5, 0.6) is 0 Å². The Bertz CT molecular complexity index is 675. The minimum absolute atomic E-state index is 0.0475. The number of hydrogen-bond donors (Lipinski definition) is 1. The molecule has 1 aromatic rings. The molecule has 0 saturated carbocycles. The number of carbonyl (C=O) groups is 2. The molecule has 0 amide bonds. The number of benzene rings is 1. The fourth-order valence-electron chi connectivity index (χ4n) is 1.53. The van der Waals surface area contributed by atoms with Crippen LogP contribution >= 0.6 is 34.8 Å². The van der Waals surface area contributed by atoms with Crippen molar-refractivity contribution in [2.45, 2.75) is 16.8 Å². The molecule has 0 radical (unpaired) electrons. The van der Waals surface area contributed by atoms with Gasteiger partial charge < -0.3 is 4.74 Å². The van der Waals surface area contributed by atoms with Crippen LogP contribution < -0.4 is 4.72 Å². The first-order chi connectivity index (χ1) is 11.1. The first-order valence-electron chi connectivity index (χ1n) is 6.55. The van der Waals surface area contributed by atoms with Crippen molar-refractivity contribution in [2.24, 2.45) is 0 Å². The van der Waals surface area contributed by atoms with Crippen LogP contribution in [0.25, 0.3) is 0 Å². The molecule has 0 heterocycles. The van der Waals surface area contributed by atoms with Gasteiger partial charge in [-0.3, -0.25) is 8.98 Å². The zero-order chi connectivity index (χ0) is 18.4. The summed E-state index contributed by atoms with van der Waals surface area (Å²) >= 11 is 16.2. The van der Waals surface area contributed by atoms with Gasteiger partial charge in [0.05, 0.1) is 6.61 Å². The van der Waals surface area contributed by atoms with Crippen LogP contribution in [0.1, 0.15) is 17.3 Å². The number of rotatable bonds is 8. The number of halogens is 3. The molecule has 24 heavy (non-hydrogen) atoms. The predicted octanol–water partition coefficient (Wildman–Crippen LogP) is 2.02. The number of hydrogen-bond acceptors (Lipinski definition) is 6. The first-order valence-corrected chi connectivity index (χ1v) is 9.09. The molecule has 0 bridgehead atoms. The van der Waals surface area contributed by atoms with Gasteiger partial charge in [-0.05, 0) is 6.92 Å². The minimum Gasteiger partial charge on any atom is -0.464 e. The molecule has 134 valence electrons. The second kappa shape index (κ2) is 8.98. The SMILES string of the molecule is CCOC(=O)C(NS(=O)(=O)OCC(Cl)(Cl)Cl)C(=O)c1ccccc1. The summed E-state index contributed by atoms with van der Waals surface area (Å²) in [6, 6.07) is 5.79. The van der Waals surface area contributed by atoms with Crippen LogP contribution in [-0.4, -0.2) is 43.2 Å². The Morgan fingerprint density at radius 1 is 1.21 bits per heavy atom. The van der Waals surface area contributed by atoms with Crippen LogP contribution in [0, 0.1) is 0 Å². The Balaban J connectivity index is 2.98. The van der Waals surface area contributed by atoms with Gasteiger partial charge in [0.25, 0.3) is 0 Å². The molecule has 11 heteroatoms. The molecule has 0 saturated heterocycles. The molecule has 0 aliphatic heterocycles. The molecule has 1 atom stereocenters. The van der Waals surface area contributed by atoms with E-state index in [2.05, 4.69) is 4.18 Å². The van der Waals surface area contributed by atoms with Crippen molar-refractivity contribution >= 4 is 56.9 Å². The lowest BCUT2D eigenvalue weighted by atomic mass is 10.1. The van der Waals surface area contributed by atoms with E-state index in [1.54, 1.807) is 22.9 Å². The van der Waals surface area contributed by atoms with Crippen LogP contribution in [-0.2, 0) is 24.0 Å². The number of Topliss-reactive ketones (excluding diaryl/α,β-unsaturated/α-hetero) is 1. The predicted molar refractivity (Wildman–Crippen MR) is 89.5 cm³/mol. The highest BCUT2D eigenvalue weighted by molar-refractivity contribution is 7.84. The molecule has 1 aromatic carbocycles. The third-order valence-corrected chi connectivity index (χ3v) is 3.76. The lowest BCUT2D eigenvalue weighted by Gasteiger charge is -2.17. The van der Waals surface area contributed by atoms with Crippen LogP contribution in [0.2, 0.25) is 0 Å². The normalized spacial score (nSPS) is 13.3. The summed E-state index contributed by atoms with van der Waals surface area (Å²) in [7, 11) is -4.56. The van der Waals surface area contributed by atoms with Gasteiger partial charge in [0.1, 0.15) is 6.61 Å². The Hall–Kier alpha value is -0.900. The fourth-order valence-corrected chi connectivity index (χ4v) is 2.78. The van der Waals surface area contributed by atoms with Gasteiger partial charge in [0.2, 0.25) is 3.79 Å². The van der Waals surface area contributed by atoms with Crippen molar-refractivity contribution in [3.05, 3.63) is 35.9 Å². The van der Waals surface area contributed by atoms with Crippen LogP contribution in [0.4, 0.5) is 0 Å². The highest BCUT2D eigenvalue weighted by atomic mass is 35.6. The maximum absolute atomic E-state index is 12.4. The van der Waals surface area contributed by atoms with Gasteiger partial charge in [0, 0.05) is 5.56 Å². The lowest BCUT2D eigenvalue weighted by molar-refractivity contribution is -0.143. The average Bonchev–Trinajstić information content (AvgIpc) is 2.51. The number of carbonyl (C=O) groups excluding carboxylic acids is 2. The van der Waals surface area contributed by atoms with E-state index in [0.717, 1.165) is 0 Å². The zero-order valence-corrected chi connectivity index (χ0v) is 15.5. The molecule has 7 nitrogen and oxygen atoms in total. The van der Waals surface area contributed by atoms with Gasteiger partial charge in [-0.2, -0.15) is 13.1 Å². The monoisotopic (exact) mass is 417 g/mol. The second-order valence-electron chi connectivity index (χ2n) is 4.36. The summed E-state index contributed by atoms with van der Waals surface area (Å²) in [5, 5.41) is 0. The minimum atomic E-state index is -4.56. The largest absolute Gasteiger partial charge is 0.464 e. The zero-order valence-electron chi connectivity index (χ0n) is 12.4. The number of nitrogens with one attached hydrogen (secondary N) is 1. The van der Waals surface area contributed by atoms with E-state index in [9.17, 15) is 18.0 Å². The van der Waals surface area contributed by atoms with E-state index in [-0.39, 0.29) is 12.2 Å². The molecular weight excluding hydrogens is 405 g/mol. The number of ketones is 1. The molecule has 0 aliphatic carbocycles. The van der Waals surface area contributed by atoms with E-state index in [0.29, 0.717) is 0 Å². The third kappa shape index (κ3) is 7.33. The summed E-state index contributed by atoms with van der Waals surface area (Å²) in [4.78, 5) is 24.3. The van der Waals surface area contributed by atoms with E-state index < -0.39 is 38.5 Å². The van der Waals surface area contributed by atoms with Gasteiger partial charge in [-0.25, -0.2) is 4.79 Å². The highest BCUT2D eigenvalue weighted by Gasteiger charge is 2.34. The summed E-state index contributed by atoms with van der Waals surface area (Å²) in [6.07, 6.45) is 0. The molecular formula is C13H14Cl3NO6S. The molecule has 0 aromatic heterocycles. The van der Waals surface area contributed by atoms with Gasteiger partial charge in [-0.1, -0.05) is 65.1 Å². The topological polar surface area (TPSA) is 98.8 Å². The number of ether oxygens (including phenoxy) is 1. The van der Waals surface area contributed by atoms with Crippen molar-refractivity contribution in [3.63, 3.8) is 0 Å². The molecule has 0 spiro atoms. The Morgan fingerprint density at radius 2 is 1.79 bits per heavy atom. The summed E-state index contributed by atoms with van der Waals surface area (Å²) in [5.41, 5.74) is 0.111. The Labute approximate surface area is 154 Å². The molecule has 1 unspecified atom stereocenters. The summed E-state index contributed by atoms with van der Waals surface area (Å²) in [6.45, 7) is 0.659. The van der Waals surface area contributed by atoms with Gasteiger partial charge >= 0.3 is 16.3 Å².